The molecule has 130 valence electrons. The van der Waals surface area contributed by atoms with Crippen molar-refractivity contribution < 1.29 is 14.3 Å². The molecule has 1 aromatic heterocycles. The number of benzene rings is 1. The Morgan fingerprint density at radius 1 is 1.32 bits per heavy atom. The highest BCUT2D eigenvalue weighted by atomic mass is 35.5. The summed E-state index contributed by atoms with van der Waals surface area (Å²) in [7, 11) is 0. The molecule has 25 heavy (non-hydrogen) atoms. The molecule has 0 bridgehead atoms. The Morgan fingerprint density at radius 3 is 2.88 bits per heavy atom. The second-order valence-electron chi connectivity index (χ2n) is 5.69. The largest absolute Gasteiger partial charge is 0.486 e. The molecule has 2 amide bonds. The number of nitrogens with one attached hydrogen (secondary N) is 2. The molecular weight excluding hydrogens is 344 g/mol. The first-order chi connectivity index (χ1) is 12.0. The third kappa shape index (κ3) is 4.24. The van der Waals surface area contributed by atoms with Crippen LogP contribution in [0.25, 0.3) is 11.3 Å². The Hall–Kier alpha value is -2.67. The summed E-state index contributed by atoms with van der Waals surface area (Å²) in [5.41, 5.74) is 2.57. The molecule has 1 aliphatic heterocycles. The number of hydrogen-bond acceptors (Lipinski definition) is 5. The number of hydrogen-bond donors (Lipinski definition) is 2. The van der Waals surface area contributed by atoms with Crippen LogP contribution < -0.4 is 15.4 Å². The summed E-state index contributed by atoms with van der Waals surface area (Å²) >= 11 is 6.33. The van der Waals surface area contributed by atoms with E-state index in [9.17, 15) is 9.59 Å². The predicted octanol–water partition coefficient (Wildman–Crippen LogP) is 1.35. The van der Waals surface area contributed by atoms with Gasteiger partial charge in [-0.05, 0) is 12.1 Å². The van der Waals surface area contributed by atoms with Gasteiger partial charge in [0.2, 0.25) is 11.8 Å². The summed E-state index contributed by atoms with van der Waals surface area (Å²) in [6.45, 7) is 1.65. The van der Waals surface area contributed by atoms with E-state index >= 15 is 0 Å². The van der Waals surface area contributed by atoms with Gasteiger partial charge in [-0.2, -0.15) is 0 Å². The van der Waals surface area contributed by atoms with E-state index in [1.165, 1.54) is 6.92 Å². The molecule has 7 nitrogen and oxygen atoms in total. The van der Waals surface area contributed by atoms with Crippen LogP contribution in [-0.4, -0.2) is 41.0 Å². The van der Waals surface area contributed by atoms with Gasteiger partial charge in [0.25, 0.3) is 0 Å². The molecule has 0 radical (unpaired) electrons. The van der Waals surface area contributed by atoms with Gasteiger partial charge in [-0.25, -0.2) is 0 Å². The Balaban J connectivity index is 1.64. The summed E-state index contributed by atoms with van der Waals surface area (Å²) in [6.07, 6.45) is 5.34. The summed E-state index contributed by atoms with van der Waals surface area (Å²) in [5.74, 6) is 0.125. The van der Waals surface area contributed by atoms with Crippen molar-refractivity contribution in [2.45, 2.75) is 19.4 Å². The second-order valence-corrected chi connectivity index (χ2v) is 6.10. The normalized spacial score (nSPS) is 15.2. The quantitative estimate of drug-likeness (QED) is 0.839. The van der Waals surface area contributed by atoms with Crippen molar-refractivity contribution in [1.82, 2.24) is 20.6 Å². The lowest BCUT2D eigenvalue weighted by Gasteiger charge is -2.12. The minimum Gasteiger partial charge on any atom is -0.486 e. The van der Waals surface area contributed by atoms with Crippen molar-refractivity contribution in [3.05, 3.63) is 41.3 Å². The highest BCUT2D eigenvalue weighted by Crippen LogP contribution is 2.39. The molecule has 1 atom stereocenters. The number of rotatable bonds is 5. The predicted molar refractivity (Wildman–Crippen MR) is 92.3 cm³/mol. The number of nitrogens with zero attached hydrogens (tertiary/aromatic N) is 2. The van der Waals surface area contributed by atoms with E-state index < -0.39 is 0 Å². The highest BCUT2D eigenvalue weighted by molar-refractivity contribution is 6.32. The van der Waals surface area contributed by atoms with Gasteiger partial charge in [0.05, 0.1) is 30.0 Å². The van der Waals surface area contributed by atoms with Crippen molar-refractivity contribution in [2.24, 2.45) is 0 Å². The van der Waals surface area contributed by atoms with Gasteiger partial charge in [0.15, 0.2) is 0 Å². The third-order valence-electron chi connectivity index (χ3n) is 3.74. The lowest BCUT2D eigenvalue weighted by molar-refractivity contribution is -0.125. The van der Waals surface area contributed by atoms with E-state index in [1.807, 2.05) is 6.07 Å². The molecule has 2 heterocycles. The maximum atomic E-state index is 11.7. The monoisotopic (exact) mass is 360 g/mol. The number of halogens is 1. The van der Waals surface area contributed by atoms with Crippen molar-refractivity contribution in [3.8, 4) is 17.0 Å². The van der Waals surface area contributed by atoms with Crippen LogP contribution in [0.15, 0.2) is 30.7 Å². The van der Waals surface area contributed by atoms with Crippen molar-refractivity contribution in [3.63, 3.8) is 0 Å². The molecule has 1 aromatic carbocycles. The van der Waals surface area contributed by atoms with Crippen LogP contribution in [0.2, 0.25) is 5.02 Å². The van der Waals surface area contributed by atoms with E-state index in [0.29, 0.717) is 23.7 Å². The fraction of sp³-hybridized carbons (Fsp3) is 0.294. The molecule has 0 saturated carbocycles. The number of carbonyl (C=O) groups is 2. The van der Waals surface area contributed by atoms with Crippen molar-refractivity contribution in [1.29, 1.82) is 0 Å². The van der Waals surface area contributed by atoms with Crippen molar-refractivity contribution >= 4 is 23.4 Å². The van der Waals surface area contributed by atoms with E-state index in [1.54, 1.807) is 24.7 Å². The van der Waals surface area contributed by atoms with E-state index in [2.05, 4.69) is 20.6 Å². The van der Waals surface area contributed by atoms with E-state index in [0.717, 1.165) is 16.8 Å². The van der Waals surface area contributed by atoms with Crippen LogP contribution in [-0.2, 0) is 16.0 Å². The molecule has 0 spiro atoms. The van der Waals surface area contributed by atoms with E-state index in [-0.39, 0.29) is 24.5 Å². The topological polar surface area (TPSA) is 93.2 Å². The Bertz CT molecular complexity index is 798. The van der Waals surface area contributed by atoms with Gasteiger partial charge in [-0.15, -0.1) is 0 Å². The molecule has 2 N–H and O–H groups in total. The Labute approximate surface area is 149 Å². The molecule has 0 aliphatic carbocycles. The number of aromatic nitrogens is 2. The van der Waals surface area contributed by atoms with Gasteiger partial charge in [-0.1, -0.05) is 11.6 Å². The van der Waals surface area contributed by atoms with Gasteiger partial charge in [-0.3, -0.25) is 19.6 Å². The fourth-order valence-electron chi connectivity index (χ4n) is 2.59. The average Bonchev–Trinajstić information content (AvgIpc) is 3.02. The number of carbonyl (C=O) groups excluding carboxylic acids is 2. The minimum absolute atomic E-state index is 0.0490. The molecule has 8 heteroatoms. The lowest BCUT2D eigenvalue weighted by Crippen LogP contribution is -2.40. The standard InChI is InChI=1S/C17H17ClN4O3/c1-10(23)21-9-16(24)22-7-13-5-12-4-11(6-14(18)17(12)25-13)15-8-19-2-3-20-15/h2-4,6,8,13H,5,7,9H2,1H3,(H,21,23)(H,22,24). The Morgan fingerprint density at radius 2 is 2.16 bits per heavy atom. The van der Waals surface area contributed by atoms with Crippen LogP contribution in [0.1, 0.15) is 12.5 Å². The maximum Gasteiger partial charge on any atom is 0.239 e. The van der Waals surface area contributed by atoms with Crippen LogP contribution in [0.5, 0.6) is 5.75 Å². The molecule has 3 rings (SSSR count). The summed E-state index contributed by atoms with van der Waals surface area (Å²) in [4.78, 5) is 30.8. The number of ether oxygens (including phenoxy) is 1. The van der Waals surface area contributed by atoms with Crippen LogP contribution in [0.3, 0.4) is 0 Å². The molecule has 1 unspecified atom stereocenters. The average molecular weight is 361 g/mol. The minimum atomic E-state index is -0.263. The summed E-state index contributed by atoms with van der Waals surface area (Å²) < 4.78 is 5.83. The maximum absolute atomic E-state index is 11.7. The van der Waals surface area contributed by atoms with Crippen LogP contribution >= 0.6 is 11.6 Å². The zero-order valence-corrected chi connectivity index (χ0v) is 14.3. The first-order valence-electron chi connectivity index (χ1n) is 7.79. The molecular formula is C17H17ClN4O3. The second kappa shape index (κ2) is 7.48. The van der Waals surface area contributed by atoms with Gasteiger partial charge in [0.1, 0.15) is 11.9 Å². The first kappa shape index (κ1) is 17.2. The van der Waals surface area contributed by atoms with Crippen molar-refractivity contribution in [2.75, 3.05) is 13.1 Å². The molecule has 2 aromatic rings. The number of amides is 2. The molecule has 0 saturated heterocycles. The number of fused-ring (bicyclic) bond motifs is 1. The van der Waals surface area contributed by atoms with Crippen LogP contribution in [0, 0.1) is 0 Å². The fourth-order valence-corrected chi connectivity index (χ4v) is 2.88. The first-order valence-corrected chi connectivity index (χ1v) is 8.17. The molecule has 1 aliphatic rings. The smallest absolute Gasteiger partial charge is 0.239 e. The van der Waals surface area contributed by atoms with Gasteiger partial charge in [0, 0.05) is 36.9 Å². The zero-order valence-electron chi connectivity index (χ0n) is 13.6. The third-order valence-corrected chi connectivity index (χ3v) is 4.02. The lowest BCUT2D eigenvalue weighted by atomic mass is 10.0. The van der Waals surface area contributed by atoms with Gasteiger partial charge >= 0.3 is 0 Å². The highest BCUT2D eigenvalue weighted by Gasteiger charge is 2.26. The Kier molecular flexibility index (Phi) is 5.14. The summed E-state index contributed by atoms with van der Waals surface area (Å²) in [5, 5.41) is 5.69. The van der Waals surface area contributed by atoms with E-state index in [4.69, 9.17) is 16.3 Å². The SMILES string of the molecule is CC(=O)NCC(=O)NCC1Cc2cc(-c3cnccn3)cc(Cl)c2O1. The molecule has 0 fully saturated rings. The zero-order chi connectivity index (χ0) is 17.8. The van der Waals surface area contributed by atoms with Gasteiger partial charge < -0.3 is 15.4 Å². The van der Waals surface area contributed by atoms with Crippen LogP contribution in [0.4, 0.5) is 0 Å². The summed E-state index contributed by atoms with van der Waals surface area (Å²) in [6, 6.07) is 3.77.